The minimum absolute atomic E-state index is 0.134. The van der Waals surface area contributed by atoms with E-state index in [1.54, 1.807) is 61.7 Å². The molecule has 0 saturated heterocycles. The summed E-state index contributed by atoms with van der Waals surface area (Å²) in [5.41, 5.74) is 1.72. The van der Waals surface area contributed by atoms with Crippen LogP contribution < -0.4 is 14.9 Å². The molecule has 4 aromatic rings. The quantitative estimate of drug-likeness (QED) is 0.458. The Hall–Kier alpha value is -3.86. The zero-order valence-electron chi connectivity index (χ0n) is 15.0. The van der Waals surface area contributed by atoms with Crippen molar-refractivity contribution in [3.05, 3.63) is 88.6 Å². The zero-order chi connectivity index (χ0) is 19.5. The van der Waals surface area contributed by atoms with E-state index >= 15 is 0 Å². The van der Waals surface area contributed by atoms with Gasteiger partial charge < -0.3 is 13.9 Å². The van der Waals surface area contributed by atoms with Gasteiger partial charge in [0.25, 0.3) is 0 Å². The van der Waals surface area contributed by atoms with Crippen molar-refractivity contribution in [2.75, 3.05) is 7.11 Å². The molecular weight excluding hydrogens is 356 g/mol. The van der Waals surface area contributed by atoms with Gasteiger partial charge in [0.05, 0.1) is 12.5 Å². The lowest BCUT2D eigenvalue weighted by atomic mass is 10.1. The first kappa shape index (κ1) is 17.5. The summed E-state index contributed by atoms with van der Waals surface area (Å²) < 4.78 is 16.8. The van der Waals surface area contributed by atoms with Crippen LogP contribution in [-0.4, -0.2) is 13.4 Å². The number of fused-ring (bicyclic) bond motifs is 1. The maximum absolute atomic E-state index is 12.4. The van der Waals surface area contributed by atoms with Crippen molar-refractivity contribution in [3.8, 4) is 28.6 Å². The fourth-order valence-corrected chi connectivity index (χ4v) is 2.84. The van der Waals surface area contributed by atoms with Crippen LogP contribution in [-0.2, 0) is 0 Å². The third-order valence-electron chi connectivity index (χ3n) is 4.33. The van der Waals surface area contributed by atoms with E-state index < -0.39 is 0 Å². The first-order valence-corrected chi connectivity index (χ1v) is 8.62. The zero-order valence-corrected chi connectivity index (χ0v) is 15.0. The topological polar surface area (TPSA) is 65.7 Å². The summed E-state index contributed by atoms with van der Waals surface area (Å²) in [6.45, 7) is 0. The molecule has 0 amide bonds. The lowest BCUT2D eigenvalue weighted by Crippen LogP contribution is -2.00. The van der Waals surface area contributed by atoms with Crippen molar-refractivity contribution in [1.82, 2.24) is 0 Å². The Labute approximate surface area is 160 Å². The van der Waals surface area contributed by atoms with E-state index in [0.29, 0.717) is 39.5 Å². The number of hydrogen-bond acceptors (Lipinski definition) is 5. The first-order chi connectivity index (χ1) is 13.7. The lowest BCUT2D eigenvalue weighted by molar-refractivity contribution is 0.112. The van der Waals surface area contributed by atoms with Crippen LogP contribution in [0.15, 0.2) is 82.0 Å². The molecule has 0 unspecified atom stereocenters. The second-order valence-corrected chi connectivity index (χ2v) is 6.15. The van der Waals surface area contributed by atoms with Crippen LogP contribution in [0, 0.1) is 0 Å². The van der Waals surface area contributed by atoms with Gasteiger partial charge in [0.1, 0.15) is 34.9 Å². The van der Waals surface area contributed by atoms with Gasteiger partial charge in [0.2, 0.25) is 0 Å². The molecular formula is C23H16O5. The fourth-order valence-electron chi connectivity index (χ4n) is 2.84. The highest BCUT2D eigenvalue weighted by molar-refractivity contribution is 5.80. The average Bonchev–Trinajstić information content (AvgIpc) is 2.74. The van der Waals surface area contributed by atoms with E-state index in [1.807, 2.05) is 12.1 Å². The van der Waals surface area contributed by atoms with Crippen LogP contribution >= 0.6 is 0 Å². The highest BCUT2D eigenvalue weighted by Crippen LogP contribution is 2.28. The number of rotatable bonds is 5. The fraction of sp³-hybridized carbons (Fsp3) is 0.0435. The van der Waals surface area contributed by atoms with Crippen LogP contribution in [0.5, 0.6) is 17.2 Å². The van der Waals surface area contributed by atoms with E-state index in [2.05, 4.69) is 0 Å². The standard InChI is InChI=1S/C23H16O5/c1-26-19-10-11-22-20(12-19)21(25)13-23(28-22)16-4-8-18(9-5-16)27-17-6-2-15(14-24)3-7-17/h2-14H,1H3. The van der Waals surface area contributed by atoms with Crippen LogP contribution in [0.3, 0.4) is 0 Å². The second-order valence-electron chi connectivity index (χ2n) is 6.15. The van der Waals surface area contributed by atoms with Crippen molar-refractivity contribution in [2.45, 2.75) is 0 Å². The number of methoxy groups -OCH3 is 1. The Kier molecular flexibility index (Phi) is 4.64. The largest absolute Gasteiger partial charge is 0.497 e. The van der Waals surface area contributed by atoms with Crippen molar-refractivity contribution in [1.29, 1.82) is 0 Å². The molecule has 4 rings (SSSR count). The van der Waals surface area contributed by atoms with E-state index in [0.717, 1.165) is 11.8 Å². The summed E-state index contributed by atoms with van der Waals surface area (Å²) in [5.74, 6) is 2.35. The van der Waals surface area contributed by atoms with E-state index in [4.69, 9.17) is 13.9 Å². The molecule has 0 N–H and O–H groups in total. The third-order valence-corrected chi connectivity index (χ3v) is 4.33. The van der Waals surface area contributed by atoms with Gasteiger partial charge in [0, 0.05) is 17.2 Å². The molecule has 0 spiro atoms. The normalized spacial score (nSPS) is 10.6. The molecule has 5 heteroatoms. The maximum atomic E-state index is 12.4. The van der Waals surface area contributed by atoms with Crippen LogP contribution in [0.2, 0.25) is 0 Å². The molecule has 0 bridgehead atoms. The Bertz CT molecular complexity index is 1190. The summed E-state index contributed by atoms with van der Waals surface area (Å²) in [5, 5.41) is 0.474. The molecule has 138 valence electrons. The molecule has 0 fully saturated rings. The molecule has 1 heterocycles. The number of hydrogen-bond donors (Lipinski definition) is 0. The number of carbonyl (C=O) groups is 1. The van der Waals surface area contributed by atoms with Gasteiger partial charge in [-0.1, -0.05) is 0 Å². The molecule has 3 aromatic carbocycles. The molecule has 5 nitrogen and oxygen atoms in total. The van der Waals surface area contributed by atoms with Gasteiger partial charge in [-0.2, -0.15) is 0 Å². The van der Waals surface area contributed by atoms with Crippen LogP contribution in [0.4, 0.5) is 0 Å². The molecule has 28 heavy (non-hydrogen) atoms. The SMILES string of the molecule is COc1ccc2oc(-c3ccc(Oc4ccc(C=O)cc4)cc3)cc(=O)c2c1. The molecule has 0 aliphatic carbocycles. The van der Waals surface area contributed by atoms with Gasteiger partial charge in [-0.15, -0.1) is 0 Å². The Morgan fingerprint density at radius 3 is 2.11 bits per heavy atom. The molecule has 0 aliphatic heterocycles. The molecule has 0 atom stereocenters. The predicted octanol–water partition coefficient (Wildman–Crippen LogP) is 5.07. The number of benzene rings is 3. The number of aldehydes is 1. The molecule has 0 saturated carbocycles. The Morgan fingerprint density at radius 1 is 0.821 bits per heavy atom. The Morgan fingerprint density at radius 2 is 1.46 bits per heavy atom. The molecule has 0 radical (unpaired) electrons. The lowest BCUT2D eigenvalue weighted by Gasteiger charge is -2.08. The highest BCUT2D eigenvalue weighted by Gasteiger charge is 2.09. The van der Waals surface area contributed by atoms with Gasteiger partial charge in [0.15, 0.2) is 5.43 Å². The third kappa shape index (κ3) is 3.50. The average molecular weight is 372 g/mol. The maximum Gasteiger partial charge on any atom is 0.193 e. The van der Waals surface area contributed by atoms with Gasteiger partial charge in [-0.05, 0) is 66.7 Å². The number of ether oxygens (including phenoxy) is 2. The minimum Gasteiger partial charge on any atom is -0.497 e. The number of carbonyl (C=O) groups excluding carboxylic acids is 1. The van der Waals surface area contributed by atoms with E-state index in [9.17, 15) is 9.59 Å². The van der Waals surface area contributed by atoms with Gasteiger partial charge in [-0.3, -0.25) is 9.59 Å². The first-order valence-electron chi connectivity index (χ1n) is 8.62. The summed E-state index contributed by atoms with van der Waals surface area (Å²) >= 11 is 0. The summed E-state index contributed by atoms with van der Waals surface area (Å²) in [6.07, 6.45) is 0.784. The van der Waals surface area contributed by atoms with E-state index in [-0.39, 0.29) is 5.43 Å². The van der Waals surface area contributed by atoms with Crippen LogP contribution in [0.25, 0.3) is 22.3 Å². The molecule has 1 aromatic heterocycles. The monoisotopic (exact) mass is 372 g/mol. The van der Waals surface area contributed by atoms with Gasteiger partial charge in [-0.25, -0.2) is 0 Å². The Balaban J connectivity index is 1.61. The minimum atomic E-state index is -0.134. The highest BCUT2D eigenvalue weighted by atomic mass is 16.5. The van der Waals surface area contributed by atoms with Crippen molar-refractivity contribution in [3.63, 3.8) is 0 Å². The van der Waals surface area contributed by atoms with Gasteiger partial charge >= 0.3 is 0 Å². The van der Waals surface area contributed by atoms with Crippen molar-refractivity contribution in [2.24, 2.45) is 0 Å². The van der Waals surface area contributed by atoms with Crippen molar-refractivity contribution >= 4 is 17.3 Å². The second kappa shape index (κ2) is 7.40. The van der Waals surface area contributed by atoms with Crippen LogP contribution in [0.1, 0.15) is 10.4 Å². The molecule has 0 aliphatic rings. The van der Waals surface area contributed by atoms with Crippen molar-refractivity contribution < 1.29 is 18.7 Å². The predicted molar refractivity (Wildman–Crippen MR) is 106 cm³/mol. The summed E-state index contributed by atoms with van der Waals surface area (Å²) in [4.78, 5) is 23.1. The summed E-state index contributed by atoms with van der Waals surface area (Å²) in [6, 6.07) is 20.7. The summed E-state index contributed by atoms with van der Waals surface area (Å²) in [7, 11) is 1.55. The smallest absolute Gasteiger partial charge is 0.193 e. The van der Waals surface area contributed by atoms with E-state index in [1.165, 1.54) is 6.07 Å².